The first kappa shape index (κ1) is 13.2. The number of nitrogens with zero attached hydrogens (tertiary/aromatic N) is 4. The quantitative estimate of drug-likeness (QED) is 0.787. The standard InChI is InChI=1S/C17H19N5/c1-11-7-9-13(10-8-11)19-16-14-5-3-4-6-15(14)20-17-18-12(2)21-22(16)17/h7-10,19H,3-6H2,1-2H3. The van der Waals surface area contributed by atoms with Crippen molar-refractivity contribution in [2.75, 3.05) is 5.32 Å². The van der Waals surface area contributed by atoms with Gasteiger partial charge in [-0.05, 0) is 51.7 Å². The smallest absolute Gasteiger partial charge is 0.254 e. The van der Waals surface area contributed by atoms with Gasteiger partial charge in [-0.25, -0.2) is 4.98 Å². The largest absolute Gasteiger partial charge is 0.340 e. The van der Waals surface area contributed by atoms with E-state index in [1.165, 1.54) is 29.7 Å². The van der Waals surface area contributed by atoms with E-state index >= 15 is 0 Å². The molecular weight excluding hydrogens is 274 g/mol. The molecule has 1 aliphatic rings. The van der Waals surface area contributed by atoms with Crippen LogP contribution in [0, 0.1) is 13.8 Å². The summed E-state index contributed by atoms with van der Waals surface area (Å²) < 4.78 is 1.85. The molecule has 2 aromatic heterocycles. The lowest BCUT2D eigenvalue weighted by molar-refractivity contribution is 0.662. The molecule has 2 heterocycles. The van der Waals surface area contributed by atoms with Crippen molar-refractivity contribution in [2.45, 2.75) is 39.5 Å². The van der Waals surface area contributed by atoms with E-state index in [1.54, 1.807) is 0 Å². The molecule has 0 radical (unpaired) electrons. The van der Waals surface area contributed by atoms with E-state index in [4.69, 9.17) is 4.98 Å². The number of aryl methyl sites for hydroxylation is 3. The first-order valence-corrected chi connectivity index (χ1v) is 7.79. The van der Waals surface area contributed by atoms with Crippen LogP contribution >= 0.6 is 0 Å². The zero-order valence-electron chi connectivity index (χ0n) is 12.9. The van der Waals surface area contributed by atoms with Gasteiger partial charge in [0.2, 0.25) is 0 Å². The number of hydrogen-bond acceptors (Lipinski definition) is 4. The van der Waals surface area contributed by atoms with Gasteiger partial charge in [-0.15, -0.1) is 5.10 Å². The van der Waals surface area contributed by atoms with Crippen LogP contribution in [0.4, 0.5) is 11.5 Å². The lowest BCUT2D eigenvalue weighted by atomic mass is 9.96. The van der Waals surface area contributed by atoms with Crippen molar-refractivity contribution in [3.63, 3.8) is 0 Å². The fourth-order valence-electron chi connectivity index (χ4n) is 3.04. The van der Waals surface area contributed by atoms with E-state index in [0.29, 0.717) is 5.78 Å². The molecule has 112 valence electrons. The maximum Gasteiger partial charge on any atom is 0.254 e. The Labute approximate surface area is 129 Å². The number of rotatable bonds is 2. The predicted octanol–water partition coefficient (Wildman–Crippen LogP) is 3.36. The van der Waals surface area contributed by atoms with Gasteiger partial charge in [0.25, 0.3) is 5.78 Å². The molecule has 1 N–H and O–H groups in total. The molecule has 0 spiro atoms. The molecule has 3 aromatic rings. The number of hydrogen-bond donors (Lipinski definition) is 1. The van der Waals surface area contributed by atoms with Gasteiger partial charge < -0.3 is 5.32 Å². The Balaban J connectivity index is 1.88. The molecular formula is C17H19N5. The number of aromatic nitrogens is 4. The Morgan fingerprint density at radius 3 is 2.59 bits per heavy atom. The van der Waals surface area contributed by atoms with Gasteiger partial charge in [-0.3, -0.25) is 0 Å². The SMILES string of the molecule is Cc1ccc(Nc2c3c(nc4nc(C)nn24)CCCC3)cc1. The summed E-state index contributed by atoms with van der Waals surface area (Å²) in [5.74, 6) is 2.46. The van der Waals surface area contributed by atoms with Gasteiger partial charge in [0.05, 0.1) is 5.69 Å². The third kappa shape index (κ3) is 2.22. The van der Waals surface area contributed by atoms with Crippen LogP contribution in [0.2, 0.25) is 0 Å². The summed E-state index contributed by atoms with van der Waals surface area (Å²) >= 11 is 0. The highest BCUT2D eigenvalue weighted by Gasteiger charge is 2.20. The Hall–Kier alpha value is -2.43. The minimum Gasteiger partial charge on any atom is -0.340 e. The summed E-state index contributed by atoms with van der Waals surface area (Å²) in [7, 11) is 0. The molecule has 1 aromatic carbocycles. The van der Waals surface area contributed by atoms with Crippen LogP contribution in [0.25, 0.3) is 5.78 Å². The maximum absolute atomic E-state index is 4.70. The molecule has 0 fully saturated rings. The molecule has 0 saturated heterocycles. The number of nitrogens with one attached hydrogen (secondary N) is 1. The van der Waals surface area contributed by atoms with E-state index in [9.17, 15) is 0 Å². The Morgan fingerprint density at radius 2 is 1.77 bits per heavy atom. The molecule has 0 saturated carbocycles. The van der Waals surface area contributed by atoms with Crippen molar-refractivity contribution in [1.29, 1.82) is 0 Å². The zero-order valence-corrected chi connectivity index (χ0v) is 12.9. The maximum atomic E-state index is 4.70. The lowest BCUT2D eigenvalue weighted by Gasteiger charge is -2.20. The molecule has 0 atom stereocenters. The molecule has 1 aliphatic carbocycles. The second kappa shape index (κ2) is 5.09. The highest BCUT2D eigenvalue weighted by atomic mass is 15.4. The number of fused-ring (bicyclic) bond motifs is 2. The molecule has 0 bridgehead atoms. The van der Waals surface area contributed by atoms with Crippen molar-refractivity contribution >= 4 is 17.3 Å². The van der Waals surface area contributed by atoms with Crippen LogP contribution in [0.1, 0.15) is 35.5 Å². The second-order valence-corrected chi connectivity index (χ2v) is 5.95. The highest BCUT2D eigenvalue weighted by Crippen LogP contribution is 2.29. The van der Waals surface area contributed by atoms with Crippen LogP contribution in [-0.2, 0) is 12.8 Å². The Bertz CT molecular complexity index is 832. The second-order valence-electron chi connectivity index (χ2n) is 5.95. The average molecular weight is 293 g/mol. The third-order valence-electron chi connectivity index (χ3n) is 4.18. The monoisotopic (exact) mass is 293 g/mol. The minimum absolute atomic E-state index is 0.688. The van der Waals surface area contributed by atoms with Crippen LogP contribution in [-0.4, -0.2) is 19.6 Å². The van der Waals surface area contributed by atoms with E-state index in [-0.39, 0.29) is 0 Å². The number of anilines is 2. The van der Waals surface area contributed by atoms with Crippen LogP contribution < -0.4 is 5.32 Å². The zero-order chi connectivity index (χ0) is 15.1. The van der Waals surface area contributed by atoms with Crippen LogP contribution in [0.3, 0.4) is 0 Å². The summed E-state index contributed by atoms with van der Waals surface area (Å²) in [5, 5.41) is 8.05. The van der Waals surface area contributed by atoms with Crippen molar-refractivity contribution in [2.24, 2.45) is 0 Å². The van der Waals surface area contributed by atoms with Gasteiger partial charge in [0.15, 0.2) is 0 Å². The van der Waals surface area contributed by atoms with Gasteiger partial charge in [0, 0.05) is 11.3 Å². The molecule has 0 unspecified atom stereocenters. The molecule has 0 amide bonds. The van der Waals surface area contributed by atoms with Crippen molar-refractivity contribution < 1.29 is 0 Å². The topological polar surface area (TPSA) is 55.1 Å². The molecule has 4 rings (SSSR count). The van der Waals surface area contributed by atoms with E-state index in [0.717, 1.165) is 30.2 Å². The van der Waals surface area contributed by atoms with Gasteiger partial charge in [-0.1, -0.05) is 17.7 Å². The van der Waals surface area contributed by atoms with E-state index in [1.807, 2.05) is 11.4 Å². The lowest BCUT2D eigenvalue weighted by Crippen LogP contribution is -2.13. The Morgan fingerprint density at radius 1 is 1.00 bits per heavy atom. The minimum atomic E-state index is 0.688. The molecule has 5 nitrogen and oxygen atoms in total. The Kier molecular flexibility index (Phi) is 3.06. The highest BCUT2D eigenvalue weighted by molar-refractivity contribution is 5.63. The number of benzene rings is 1. The summed E-state index contributed by atoms with van der Waals surface area (Å²) in [4.78, 5) is 9.14. The third-order valence-corrected chi connectivity index (χ3v) is 4.18. The van der Waals surface area contributed by atoms with Gasteiger partial charge in [0.1, 0.15) is 11.6 Å². The molecule has 0 aliphatic heterocycles. The summed E-state index contributed by atoms with van der Waals surface area (Å²) in [6.07, 6.45) is 4.48. The van der Waals surface area contributed by atoms with Crippen LogP contribution in [0.5, 0.6) is 0 Å². The van der Waals surface area contributed by atoms with Crippen molar-refractivity contribution in [3.05, 3.63) is 46.9 Å². The first-order valence-electron chi connectivity index (χ1n) is 7.79. The normalized spacial score (nSPS) is 14.1. The van der Waals surface area contributed by atoms with Crippen molar-refractivity contribution in [3.8, 4) is 0 Å². The van der Waals surface area contributed by atoms with Gasteiger partial charge >= 0.3 is 0 Å². The summed E-state index contributed by atoms with van der Waals surface area (Å²) in [6.45, 7) is 4.00. The van der Waals surface area contributed by atoms with Crippen LogP contribution in [0.15, 0.2) is 24.3 Å². The van der Waals surface area contributed by atoms with E-state index in [2.05, 4.69) is 46.6 Å². The van der Waals surface area contributed by atoms with Crippen molar-refractivity contribution in [1.82, 2.24) is 19.6 Å². The molecule has 22 heavy (non-hydrogen) atoms. The van der Waals surface area contributed by atoms with E-state index < -0.39 is 0 Å². The van der Waals surface area contributed by atoms with Gasteiger partial charge in [-0.2, -0.15) is 9.50 Å². The summed E-state index contributed by atoms with van der Waals surface area (Å²) in [6, 6.07) is 8.42. The summed E-state index contributed by atoms with van der Waals surface area (Å²) in [5.41, 5.74) is 4.77. The fourth-order valence-corrected chi connectivity index (χ4v) is 3.04. The first-order chi connectivity index (χ1) is 10.7. The molecule has 5 heteroatoms. The predicted molar refractivity (Wildman–Crippen MR) is 86.6 cm³/mol. The fraction of sp³-hybridized carbons (Fsp3) is 0.353. The average Bonchev–Trinajstić information content (AvgIpc) is 2.89.